The summed E-state index contributed by atoms with van der Waals surface area (Å²) in [6.07, 6.45) is 4.74. The Balaban J connectivity index is 1.17. The molecule has 0 saturated carbocycles. The van der Waals surface area contributed by atoms with Gasteiger partial charge in [-0.05, 0) is 49.2 Å². The van der Waals surface area contributed by atoms with E-state index in [1.54, 1.807) is 17.4 Å². The van der Waals surface area contributed by atoms with E-state index in [9.17, 15) is 4.79 Å². The van der Waals surface area contributed by atoms with Crippen LogP contribution in [0.15, 0.2) is 65.2 Å². The first-order chi connectivity index (χ1) is 15.7. The van der Waals surface area contributed by atoms with E-state index < -0.39 is 0 Å². The maximum atomic E-state index is 13.0. The Morgan fingerprint density at radius 1 is 1.12 bits per heavy atom. The fourth-order valence-corrected chi connectivity index (χ4v) is 5.16. The molecule has 0 spiro atoms. The van der Waals surface area contributed by atoms with Crippen molar-refractivity contribution in [1.82, 2.24) is 19.8 Å². The molecular weight excluding hydrogens is 420 g/mol. The smallest absolute Gasteiger partial charge is 0.289 e. The Labute approximate surface area is 191 Å². The molecule has 0 bridgehead atoms. The van der Waals surface area contributed by atoms with Gasteiger partial charge in [0.2, 0.25) is 0 Å². The van der Waals surface area contributed by atoms with Crippen LogP contribution in [0.2, 0.25) is 0 Å². The molecule has 1 aliphatic heterocycles. The summed E-state index contributed by atoms with van der Waals surface area (Å²) < 4.78 is 7.03. The van der Waals surface area contributed by atoms with Gasteiger partial charge in [-0.1, -0.05) is 18.2 Å². The summed E-state index contributed by atoms with van der Waals surface area (Å²) in [5.74, 6) is 0.955. The van der Waals surface area contributed by atoms with Gasteiger partial charge in [-0.25, -0.2) is 4.98 Å². The van der Waals surface area contributed by atoms with Crippen LogP contribution < -0.4 is 0 Å². The lowest BCUT2D eigenvalue weighted by atomic mass is 10.0. The molecule has 3 aromatic heterocycles. The number of likely N-dealkylation sites (tertiary alicyclic amines) is 1. The molecule has 4 heterocycles. The summed E-state index contributed by atoms with van der Waals surface area (Å²) in [7, 11) is 1.89. The van der Waals surface area contributed by atoms with Crippen LogP contribution in [0.1, 0.15) is 29.1 Å². The van der Waals surface area contributed by atoms with Crippen LogP contribution in [0.25, 0.3) is 21.0 Å². The number of hydrogen-bond donors (Lipinski definition) is 0. The molecule has 32 heavy (non-hydrogen) atoms. The van der Waals surface area contributed by atoms with Crippen molar-refractivity contribution in [3.05, 3.63) is 72.2 Å². The van der Waals surface area contributed by atoms with Gasteiger partial charge in [0.1, 0.15) is 0 Å². The zero-order valence-electron chi connectivity index (χ0n) is 18.1. The molecule has 7 heteroatoms. The molecule has 0 radical (unpaired) electrons. The first kappa shape index (κ1) is 20.8. The average molecular weight is 447 g/mol. The second-order valence-electron chi connectivity index (χ2n) is 8.21. The number of nitrogens with zero attached hydrogens (tertiary/aromatic N) is 4. The Hall–Kier alpha value is -3.03. The van der Waals surface area contributed by atoms with Gasteiger partial charge in [0.25, 0.3) is 5.91 Å². The number of carbonyl (C=O) groups is 1. The number of fused-ring (bicyclic) bond motifs is 1. The number of pyridine rings is 1. The van der Waals surface area contributed by atoms with Crippen LogP contribution in [-0.4, -0.2) is 58.4 Å². The Morgan fingerprint density at radius 3 is 2.72 bits per heavy atom. The minimum atomic E-state index is -0.0655. The van der Waals surface area contributed by atoms with Crippen molar-refractivity contribution in [2.45, 2.75) is 25.3 Å². The van der Waals surface area contributed by atoms with E-state index in [1.165, 1.54) is 0 Å². The summed E-state index contributed by atoms with van der Waals surface area (Å²) in [5, 5.41) is 0.800. The third-order valence-electron chi connectivity index (χ3n) is 6.16. The minimum absolute atomic E-state index is 0.0655. The van der Waals surface area contributed by atoms with E-state index >= 15 is 0 Å². The van der Waals surface area contributed by atoms with Gasteiger partial charge in [0.05, 0.1) is 10.2 Å². The Bertz CT molecular complexity index is 1160. The monoisotopic (exact) mass is 446 g/mol. The van der Waals surface area contributed by atoms with Crippen molar-refractivity contribution >= 4 is 27.5 Å². The number of aromatic nitrogens is 2. The van der Waals surface area contributed by atoms with Crippen LogP contribution in [0.5, 0.6) is 0 Å². The van der Waals surface area contributed by atoms with Gasteiger partial charge in [-0.2, -0.15) is 0 Å². The van der Waals surface area contributed by atoms with Gasteiger partial charge in [0, 0.05) is 51.0 Å². The molecule has 1 saturated heterocycles. The van der Waals surface area contributed by atoms with Crippen LogP contribution in [-0.2, 0) is 6.42 Å². The number of thiazole rings is 1. The van der Waals surface area contributed by atoms with E-state index in [0.29, 0.717) is 11.5 Å². The number of piperidine rings is 1. The van der Waals surface area contributed by atoms with Crippen LogP contribution in [0.3, 0.4) is 0 Å². The molecule has 6 nitrogen and oxygen atoms in total. The second-order valence-corrected chi connectivity index (χ2v) is 9.24. The van der Waals surface area contributed by atoms with Crippen molar-refractivity contribution in [1.29, 1.82) is 0 Å². The minimum Gasteiger partial charge on any atom is -0.448 e. The molecule has 4 aromatic rings. The van der Waals surface area contributed by atoms with E-state index in [1.807, 2.05) is 60.6 Å². The largest absolute Gasteiger partial charge is 0.448 e. The van der Waals surface area contributed by atoms with E-state index in [0.717, 1.165) is 59.8 Å². The maximum absolute atomic E-state index is 13.0. The number of furan rings is 1. The standard InChI is InChI=1S/C25H26N4O2S/c1-28(19-12-16-29(17-13-19)15-11-18-6-4-5-14-26-18)25(30)22-10-9-21(31-22)24-27-20-7-2-3-8-23(20)32-24/h2-10,14,19H,11-13,15-17H2,1H3. The lowest BCUT2D eigenvalue weighted by molar-refractivity contribution is 0.0613. The lowest BCUT2D eigenvalue weighted by Gasteiger charge is -2.36. The molecule has 0 N–H and O–H groups in total. The number of amides is 1. The summed E-state index contributed by atoms with van der Waals surface area (Å²) in [6, 6.07) is 17.9. The van der Waals surface area contributed by atoms with Crippen LogP contribution >= 0.6 is 11.3 Å². The molecule has 0 aliphatic carbocycles. The third kappa shape index (κ3) is 4.45. The number of para-hydroxylation sites is 1. The highest BCUT2D eigenvalue weighted by molar-refractivity contribution is 7.21. The van der Waals surface area contributed by atoms with E-state index in [2.05, 4.69) is 20.9 Å². The first-order valence-electron chi connectivity index (χ1n) is 11.0. The SMILES string of the molecule is CN(C(=O)c1ccc(-c2nc3ccccc3s2)o1)C1CCN(CCc2ccccn2)CC1. The molecule has 0 atom stereocenters. The molecule has 1 aliphatic rings. The van der Waals surface area contributed by atoms with Crippen molar-refractivity contribution in [3.63, 3.8) is 0 Å². The van der Waals surface area contributed by atoms with Crippen molar-refractivity contribution < 1.29 is 9.21 Å². The summed E-state index contributed by atoms with van der Waals surface area (Å²) in [5.41, 5.74) is 2.08. The number of hydrogen-bond acceptors (Lipinski definition) is 6. The zero-order valence-corrected chi connectivity index (χ0v) is 18.9. The number of carbonyl (C=O) groups excluding carboxylic acids is 1. The predicted molar refractivity (Wildman–Crippen MR) is 127 cm³/mol. The number of benzene rings is 1. The van der Waals surface area contributed by atoms with Gasteiger partial charge in [-0.15, -0.1) is 11.3 Å². The Kier molecular flexibility index (Phi) is 6.01. The predicted octanol–water partition coefficient (Wildman–Crippen LogP) is 4.73. The lowest BCUT2D eigenvalue weighted by Crippen LogP contribution is -2.46. The first-order valence-corrected chi connectivity index (χ1v) is 11.8. The quantitative estimate of drug-likeness (QED) is 0.428. The summed E-state index contributed by atoms with van der Waals surface area (Å²) in [6.45, 7) is 2.99. The fraction of sp³-hybridized carbons (Fsp3) is 0.320. The van der Waals surface area contributed by atoms with Crippen molar-refractivity contribution in [2.24, 2.45) is 0 Å². The van der Waals surface area contributed by atoms with E-state index in [4.69, 9.17) is 4.42 Å². The summed E-state index contributed by atoms with van der Waals surface area (Å²) in [4.78, 5) is 26.4. The van der Waals surface area contributed by atoms with Gasteiger partial charge >= 0.3 is 0 Å². The molecule has 164 valence electrons. The molecule has 5 rings (SSSR count). The normalized spacial score (nSPS) is 15.3. The Morgan fingerprint density at radius 2 is 1.94 bits per heavy atom. The third-order valence-corrected chi connectivity index (χ3v) is 7.21. The fourth-order valence-electron chi connectivity index (χ4n) is 4.23. The molecule has 1 fully saturated rings. The zero-order chi connectivity index (χ0) is 21.9. The molecule has 1 amide bonds. The second kappa shape index (κ2) is 9.22. The van der Waals surface area contributed by atoms with Crippen LogP contribution in [0, 0.1) is 0 Å². The van der Waals surface area contributed by atoms with Crippen molar-refractivity contribution in [2.75, 3.05) is 26.7 Å². The van der Waals surface area contributed by atoms with Crippen LogP contribution in [0.4, 0.5) is 0 Å². The highest BCUT2D eigenvalue weighted by Crippen LogP contribution is 2.31. The highest BCUT2D eigenvalue weighted by atomic mass is 32.1. The van der Waals surface area contributed by atoms with Crippen molar-refractivity contribution in [3.8, 4) is 10.8 Å². The molecule has 1 aromatic carbocycles. The topological polar surface area (TPSA) is 62.5 Å². The molecular formula is C25H26N4O2S. The van der Waals surface area contributed by atoms with E-state index in [-0.39, 0.29) is 11.9 Å². The van der Waals surface area contributed by atoms with Gasteiger partial charge in [-0.3, -0.25) is 9.78 Å². The average Bonchev–Trinajstić information content (AvgIpc) is 3.50. The van der Waals surface area contributed by atoms with Gasteiger partial charge < -0.3 is 14.2 Å². The number of rotatable bonds is 6. The maximum Gasteiger partial charge on any atom is 0.289 e. The summed E-state index contributed by atoms with van der Waals surface area (Å²) >= 11 is 1.58. The van der Waals surface area contributed by atoms with Gasteiger partial charge in [0.15, 0.2) is 16.5 Å². The highest BCUT2D eigenvalue weighted by Gasteiger charge is 2.27. The molecule has 0 unspecified atom stereocenters.